The minimum absolute atomic E-state index is 0.107. The highest BCUT2D eigenvalue weighted by molar-refractivity contribution is 7.97. The van der Waals surface area contributed by atoms with Crippen LogP contribution >= 0.6 is 23.5 Å². The smallest absolute Gasteiger partial charge is 0.156 e. The molecule has 1 aromatic carbocycles. The highest BCUT2D eigenvalue weighted by Crippen LogP contribution is 2.22. The van der Waals surface area contributed by atoms with Gasteiger partial charge >= 0.3 is 0 Å². The lowest BCUT2D eigenvalue weighted by molar-refractivity contribution is 0.602. The highest BCUT2D eigenvalue weighted by Gasteiger charge is 2.03. The summed E-state index contributed by atoms with van der Waals surface area (Å²) >= 11 is 6.30. The predicted octanol–water partition coefficient (Wildman–Crippen LogP) is 2.44. The molecular weight excluding hydrogens is 173 g/mol. The number of hydrogen-bond acceptors (Lipinski definition) is 2. The number of halogens is 2. The zero-order chi connectivity index (χ0) is 7.56. The van der Waals surface area contributed by atoms with Crippen LogP contribution in [0.3, 0.4) is 0 Å². The molecule has 0 saturated carbocycles. The Bertz CT molecular complexity index is 241. The molecule has 0 unspecified atom stereocenters. The first-order chi connectivity index (χ1) is 4.75. The van der Waals surface area contributed by atoms with Gasteiger partial charge in [0.1, 0.15) is 0 Å². The minimum Gasteiger partial charge on any atom is -0.274 e. The third kappa shape index (κ3) is 1.42. The van der Waals surface area contributed by atoms with Crippen LogP contribution in [-0.4, -0.2) is 0 Å². The second kappa shape index (κ2) is 3.23. The Hall–Kier alpha value is -0.250. The largest absolute Gasteiger partial charge is 0.274 e. The van der Waals surface area contributed by atoms with Crippen LogP contribution in [-0.2, 0) is 0 Å². The lowest BCUT2D eigenvalue weighted by Crippen LogP contribution is -1.85. The Balaban J connectivity index is 3.14. The van der Waals surface area contributed by atoms with E-state index in [9.17, 15) is 4.39 Å². The molecule has 1 aromatic rings. The Morgan fingerprint density at radius 2 is 2.20 bits per heavy atom. The Morgan fingerprint density at radius 3 is 2.70 bits per heavy atom. The van der Waals surface area contributed by atoms with Crippen molar-refractivity contribution < 1.29 is 4.39 Å². The van der Waals surface area contributed by atoms with Gasteiger partial charge in [0.2, 0.25) is 0 Å². The predicted molar refractivity (Wildman–Crippen MR) is 41.5 cm³/mol. The average Bonchev–Trinajstić information content (AvgIpc) is 1.95. The molecule has 0 radical (unpaired) electrons. The molecule has 10 heavy (non-hydrogen) atoms. The first kappa shape index (κ1) is 7.85. The van der Waals surface area contributed by atoms with Gasteiger partial charge in [-0.05, 0) is 24.1 Å². The zero-order valence-electron chi connectivity index (χ0n) is 4.97. The molecular formula is C6H5ClFNS. The van der Waals surface area contributed by atoms with Crippen molar-refractivity contribution in [1.82, 2.24) is 0 Å². The maximum absolute atomic E-state index is 12.8. The topological polar surface area (TPSA) is 26.0 Å². The van der Waals surface area contributed by atoms with E-state index in [1.165, 1.54) is 6.07 Å². The monoisotopic (exact) mass is 177 g/mol. The average molecular weight is 178 g/mol. The first-order valence-electron chi connectivity index (χ1n) is 2.56. The van der Waals surface area contributed by atoms with Gasteiger partial charge in [0.05, 0.1) is 9.92 Å². The van der Waals surface area contributed by atoms with Crippen molar-refractivity contribution in [3.05, 3.63) is 29.0 Å². The number of benzene rings is 1. The van der Waals surface area contributed by atoms with Gasteiger partial charge in [-0.1, -0.05) is 17.7 Å². The van der Waals surface area contributed by atoms with Crippen molar-refractivity contribution in [2.75, 3.05) is 0 Å². The molecule has 0 spiro atoms. The fraction of sp³-hybridized carbons (Fsp3) is 0. The molecule has 0 bridgehead atoms. The van der Waals surface area contributed by atoms with E-state index in [1.54, 1.807) is 12.1 Å². The maximum atomic E-state index is 12.8. The second-order valence-electron chi connectivity index (χ2n) is 1.67. The summed E-state index contributed by atoms with van der Waals surface area (Å²) in [5.74, 6) is -0.448. The van der Waals surface area contributed by atoms with E-state index in [1.807, 2.05) is 0 Å². The molecule has 1 nitrogen and oxygen atoms in total. The summed E-state index contributed by atoms with van der Waals surface area (Å²) < 4.78 is 12.8. The first-order valence-corrected chi connectivity index (χ1v) is 3.82. The van der Waals surface area contributed by atoms with Crippen LogP contribution in [0.1, 0.15) is 0 Å². The van der Waals surface area contributed by atoms with Crippen molar-refractivity contribution in [2.45, 2.75) is 4.90 Å². The molecule has 0 fully saturated rings. The van der Waals surface area contributed by atoms with E-state index in [0.717, 1.165) is 11.9 Å². The van der Waals surface area contributed by atoms with E-state index >= 15 is 0 Å². The molecule has 54 valence electrons. The van der Waals surface area contributed by atoms with Crippen molar-refractivity contribution in [1.29, 1.82) is 0 Å². The normalized spacial score (nSPS) is 9.90. The summed E-state index contributed by atoms with van der Waals surface area (Å²) in [4.78, 5) is 0.368. The fourth-order valence-corrected chi connectivity index (χ4v) is 1.18. The summed E-state index contributed by atoms with van der Waals surface area (Å²) in [6, 6.07) is 4.71. The lowest BCUT2D eigenvalue weighted by Gasteiger charge is -1.97. The molecule has 1 rings (SSSR count). The maximum Gasteiger partial charge on any atom is 0.156 e. The molecule has 0 aromatic heterocycles. The van der Waals surface area contributed by atoms with Crippen LogP contribution < -0.4 is 5.14 Å². The van der Waals surface area contributed by atoms with Gasteiger partial charge < -0.3 is 0 Å². The highest BCUT2D eigenvalue weighted by atomic mass is 35.5. The summed E-state index contributed by atoms with van der Waals surface area (Å²) in [6.45, 7) is 0. The molecule has 0 amide bonds. The lowest BCUT2D eigenvalue weighted by atomic mass is 10.3. The third-order valence-electron chi connectivity index (χ3n) is 1.04. The summed E-state index contributed by atoms with van der Waals surface area (Å²) in [5.41, 5.74) is 0. The van der Waals surface area contributed by atoms with Crippen molar-refractivity contribution in [2.24, 2.45) is 5.14 Å². The van der Waals surface area contributed by atoms with E-state index in [-0.39, 0.29) is 5.02 Å². The van der Waals surface area contributed by atoms with Crippen LogP contribution in [0.2, 0.25) is 5.02 Å². The summed E-state index contributed by atoms with van der Waals surface area (Å²) in [5, 5.41) is 5.24. The number of nitrogens with two attached hydrogens (primary N) is 1. The van der Waals surface area contributed by atoms with Crippen LogP contribution in [0, 0.1) is 5.82 Å². The fourth-order valence-electron chi connectivity index (χ4n) is 0.575. The number of rotatable bonds is 1. The molecule has 0 aliphatic heterocycles. The van der Waals surface area contributed by atoms with Gasteiger partial charge in [-0.2, -0.15) is 0 Å². The number of hydrogen-bond donors (Lipinski definition) is 1. The molecule has 0 saturated heterocycles. The van der Waals surface area contributed by atoms with Crippen molar-refractivity contribution in [3.63, 3.8) is 0 Å². The van der Waals surface area contributed by atoms with Gasteiger partial charge in [-0.15, -0.1) is 0 Å². The Morgan fingerprint density at radius 1 is 1.50 bits per heavy atom. The zero-order valence-corrected chi connectivity index (χ0v) is 6.55. The molecule has 4 heteroatoms. The minimum atomic E-state index is -0.448. The quantitative estimate of drug-likeness (QED) is 0.667. The molecule has 2 N–H and O–H groups in total. The molecule has 0 atom stereocenters. The van der Waals surface area contributed by atoms with Gasteiger partial charge in [0.25, 0.3) is 0 Å². The second-order valence-corrected chi connectivity index (χ2v) is 2.75. The van der Waals surface area contributed by atoms with Gasteiger partial charge in [0.15, 0.2) is 5.82 Å². The Labute approximate surface area is 67.5 Å². The van der Waals surface area contributed by atoms with E-state index in [4.69, 9.17) is 16.7 Å². The molecule has 0 aliphatic rings. The molecule has 0 aliphatic carbocycles. The summed E-state index contributed by atoms with van der Waals surface area (Å²) in [7, 11) is 0. The van der Waals surface area contributed by atoms with E-state index in [2.05, 4.69) is 0 Å². The van der Waals surface area contributed by atoms with Crippen molar-refractivity contribution in [3.8, 4) is 0 Å². The Kier molecular flexibility index (Phi) is 2.54. The molecule has 0 heterocycles. The van der Waals surface area contributed by atoms with Crippen molar-refractivity contribution >= 4 is 23.5 Å². The van der Waals surface area contributed by atoms with Gasteiger partial charge in [-0.25, -0.2) is 4.39 Å². The van der Waals surface area contributed by atoms with Crippen LogP contribution in [0.5, 0.6) is 0 Å². The van der Waals surface area contributed by atoms with E-state index < -0.39 is 5.82 Å². The SMILES string of the molecule is NSc1cccc(Cl)c1F. The van der Waals surface area contributed by atoms with Crippen LogP contribution in [0.4, 0.5) is 4.39 Å². The van der Waals surface area contributed by atoms with Crippen LogP contribution in [0.15, 0.2) is 23.1 Å². The third-order valence-corrected chi connectivity index (χ3v) is 1.90. The van der Waals surface area contributed by atoms with Gasteiger partial charge in [0, 0.05) is 0 Å². The standard InChI is InChI=1S/C6H5ClFNS/c7-4-2-1-3-5(10-9)6(4)8/h1-3H,9H2. The van der Waals surface area contributed by atoms with Crippen LogP contribution in [0.25, 0.3) is 0 Å². The summed E-state index contributed by atoms with van der Waals surface area (Å²) in [6.07, 6.45) is 0. The van der Waals surface area contributed by atoms with Gasteiger partial charge in [-0.3, -0.25) is 5.14 Å². The van der Waals surface area contributed by atoms with E-state index in [0.29, 0.717) is 4.90 Å².